The van der Waals surface area contributed by atoms with E-state index in [9.17, 15) is 4.79 Å². The van der Waals surface area contributed by atoms with E-state index in [-0.39, 0.29) is 5.91 Å². The quantitative estimate of drug-likeness (QED) is 0.677. The number of aromatic nitrogens is 3. The van der Waals surface area contributed by atoms with Gasteiger partial charge < -0.3 is 10.7 Å². The molecule has 6 nitrogen and oxygen atoms in total. The molecule has 0 saturated heterocycles. The van der Waals surface area contributed by atoms with E-state index in [0.29, 0.717) is 22.0 Å². The van der Waals surface area contributed by atoms with Crippen molar-refractivity contribution in [3.63, 3.8) is 0 Å². The molecule has 1 aromatic carbocycles. The van der Waals surface area contributed by atoms with Crippen LogP contribution >= 0.6 is 23.5 Å². The molecule has 2 aromatic rings. The van der Waals surface area contributed by atoms with Crippen molar-refractivity contribution in [2.45, 2.75) is 35.6 Å². The fourth-order valence-electron chi connectivity index (χ4n) is 2.40. The second-order valence-electron chi connectivity index (χ2n) is 5.42. The number of nitrogen functional groups attached to an aromatic ring is 1. The number of nitrogens with zero attached hydrogens (tertiary/aromatic N) is 4. The molecule has 1 aliphatic heterocycles. The van der Waals surface area contributed by atoms with E-state index in [1.165, 1.54) is 16.4 Å². The number of carbonyl (C=O) groups is 1. The summed E-state index contributed by atoms with van der Waals surface area (Å²) >= 11 is 3.15. The normalized spacial score (nSPS) is 17.7. The van der Waals surface area contributed by atoms with Gasteiger partial charge in [-0.3, -0.25) is 4.79 Å². The SMILES string of the molecule is Cc1nnc(SCC(=O)N2CC[C@@H](C)Sc3ccccc32)n1N. The first-order valence-electron chi connectivity index (χ1n) is 7.42. The predicted molar refractivity (Wildman–Crippen MR) is 94.4 cm³/mol. The zero-order valence-corrected chi connectivity index (χ0v) is 14.7. The molecule has 1 aliphatic rings. The van der Waals surface area contributed by atoms with Crippen molar-refractivity contribution in [3.05, 3.63) is 30.1 Å². The number of amides is 1. The highest BCUT2D eigenvalue weighted by atomic mass is 32.2. The van der Waals surface area contributed by atoms with E-state index < -0.39 is 0 Å². The minimum Gasteiger partial charge on any atom is -0.336 e. The Labute approximate surface area is 143 Å². The average Bonchev–Trinajstić information content (AvgIpc) is 2.76. The van der Waals surface area contributed by atoms with E-state index in [1.54, 1.807) is 6.92 Å². The van der Waals surface area contributed by atoms with Crippen LogP contribution in [0.4, 0.5) is 5.69 Å². The predicted octanol–water partition coefficient (Wildman–Crippen LogP) is 2.31. The zero-order chi connectivity index (χ0) is 16.4. The number of aryl methyl sites for hydroxylation is 1. The summed E-state index contributed by atoms with van der Waals surface area (Å²) in [6.07, 6.45) is 0.974. The summed E-state index contributed by atoms with van der Waals surface area (Å²) < 4.78 is 1.41. The van der Waals surface area contributed by atoms with Gasteiger partial charge in [-0.2, -0.15) is 0 Å². The molecule has 2 heterocycles. The fraction of sp³-hybridized carbons (Fsp3) is 0.400. The molecule has 3 rings (SSSR count). The van der Waals surface area contributed by atoms with Crippen LogP contribution in [0, 0.1) is 6.92 Å². The van der Waals surface area contributed by atoms with Crippen molar-refractivity contribution in [3.8, 4) is 0 Å². The number of fused-ring (bicyclic) bond motifs is 1. The van der Waals surface area contributed by atoms with Crippen LogP contribution in [-0.4, -0.2) is 38.3 Å². The second kappa shape index (κ2) is 6.84. The molecule has 0 bridgehead atoms. The Hall–Kier alpha value is -1.67. The van der Waals surface area contributed by atoms with Gasteiger partial charge in [-0.15, -0.1) is 22.0 Å². The van der Waals surface area contributed by atoms with Crippen molar-refractivity contribution in [2.75, 3.05) is 23.0 Å². The van der Waals surface area contributed by atoms with Crippen molar-refractivity contribution in [2.24, 2.45) is 0 Å². The molecule has 2 N–H and O–H groups in total. The van der Waals surface area contributed by atoms with Crippen LogP contribution in [0.1, 0.15) is 19.2 Å². The number of rotatable bonds is 3. The van der Waals surface area contributed by atoms with Crippen LogP contribution in [-0.2, 0) is 4.79 Å². The molecule has 122 valence electrons. The molecule has 23 heavy (non-hydrogen) atoms. The van der Waals surface area contributed by atoms with E-state index in [4.69, 9.17) is 5.84 Å². The molecule has 0 aliphatic carbocycles. The van der Waals surface area contributed by atoms with Gasteiger partial charge in [0, 0.05) is 16.7 Å². The first kappa shape index (κ1) is 16.2. The number of nitrogens with two attached hydrogens (primary N) is 1. The van der Waals surface area contributed by atoms with Crippen molar-refractivity contribution in [1.82, 2.24) is 14.9 Å². The molecule has 8 heteroatoms. The lowest BCUT2D eigenvalue weighted by atomic mass is 10.2. The number of hydrogen-bond acceptors (Lipinski definition) is 6. The fourth-order valence-corrected chi connectivity index (χ4v) is 4.29. The number of benzene rings is 1. The van der Waals surface area contributed by atoms with E-state index in [1.807, 2.05) is 34.9 Å². The van der Waals surface area contributed by atoms with Crippen LogP contribution in [0.5, 0.6) is 0 Å². The van der Waals surface area contributed by atoms with Crippen LogP contribution < -0.4 is 10.7 Å². The van der Waals surface area contributed by atoms with Crippen molar-refractivity contribution >= 4 is 35.1 Å². The van der Waals surface area contributed by atoms with Crippen molar-refractivity contribution < 1.29 is 4.79 Å². The number of para-hydroxylation sites is 1. The minimum atomic E-state index is 0.0674. The van der Waals surface area contributed by atoms with E-state index in [2.05, 4.69) is 23.2 Å². The molecule has 0 fully saturated rings. The van der Waals surface area contributed by atoms with Gasteiger partial charge in [-0.25, -0.2) is 4.68 Å². The van der Waals surface area contributed by atoms with Crippen LogP contribution in [0.2, 0.25) is 0 Å². The first-order chi connectivity index (χ1) is 11.1. The number of hydrogen-bond donors (Lipinski definition) is 1. The van der Waals surface area contributed by atoms with Gasteiger partial charge in [0.15, 0.2) is 0 Å². The van der Waals surface area contributed by atoms with Gasteiger partial charge in [0.05, 0.1) is 11.4 Å². The topological polar surface area (TPSA) is 77.0 Å². The van der Waals surface area contributed by atoms with Gasteiger partial charge in [0.2, 0.25) is 11.1 Å². The highest BCUT2D eigenvalue weighted by molar-refractivity contribution is 8.00. The molecule has 0 saturated carbocycles. The van der Waals surface area contributed by atoms with Crippen LogP contribution in [0.3, 0.4) is 0 Å². The lowest BCUT2D eigenvalue weighted by Gasteiger charge is -2.22. The lowest BCUT2D eigenvalue weighted by molar-refractivity contribution is -0.116. The Balaban J connectivity index is 1.75. The summed E-state index contributed by atoms with van der Waals surface area (Å²) in [5.41, 5.74) is 0.998. The molecule has 0 radical (unpaired) electrons. The molecular weight excluding hydrogens is 330 g/mol. The first-order valence-corrected chi connectivity index (χ1v) is 9.28. The highest BCUT2D eigenvalue weighted by Gasteiger charge is 2.24. The lowest BCUT2D eigenvalue weighted by Crippen LogP contribution is -2.33. The van der Waals surface area contributed by atoms with Gasteiger partial charge >= 0.3 is 0 Å². The molecule has 1 atom stereocenters. The molecule has 0 unspecified atom stereocenters. The minimum absolute atomic E-state index is 0.0674. The summed E-state index contributed by atoms with van der Waals surface area (Å²) in [6, 6.07) is 8.08. The summed E-state index contributed by atoms with van der Waals surface area (Å²) in [6.45, 7) is 4.71. The largest absolute Gasteiger partial charge is 0.336 e. The second-order valence-corrected chi connectivity index (χ2v) is 7.84. The third-order valence-corrected chi connectivity index (χ3v) is 5.87. The van der Waals surface area contributed by atoms with E-state index in [0.717, 1.165) is 23.5 Å². The van der Waals surface area contributed by atoms with Crippen LogP contribution in [0.15, 0.2) is 34.3 Å². The average molecular weight is 349 g/mol. The Bertz CT molecular complexity index is 718. The van der Waals surface area contributed by atoms with E-state index >= 15 is 0 Å². The maximum Gasteiger partial charge on any atom is 0.237 e. The standard InChI is InChI=1S/C15H19N5OS2/c1-10-7-8-19(12-5-3-4-6-13(12)23-10)14(21)9-22-15-18-17-11(2)20(15)16/h3-6,10H,7-9,16H2,1-2H3/t10-/m1/s1. The van der Waals surface area contributed by atoms with Gasteiger partial charge in [-0.1, -0.05) is 30.8 Å². The monoisotopic (exact) mass is 349 g/mol. The summed E-state index contributed by atoms with van der Waals surface area (Å²) in [4.78, 5) is 15.7. The maximum atomic E-state index is 12.7. The van der Waals surface area contributed by atoms with Gasteiger partial charge in [0.1, 0.15) is 5.82 Å². The maximum absolute atomic E-state index is 12.7. The van der Waals surface area contributed by atoms with Crippen molar-refractivity contribution in [1.29, 1.82) is 0 Å². The summed E-state index contributed by atoms with van der Waals surface area (Å²) in [5, 5.41) is 8.94. The Kier molecular flexibility index (Phi) is 4.82. The van der Waals surface area contributed by atoms with Gasteiger partial charge in [0.25, 0.3) is 0 Å². The number of anilines is 1. The Morgan fingerprint density at radius 2 is 2.22 bits per heavy atom. The summed E-state index contributed by atoms with van der Waals surface area (Å²) in [5.74, 6) is 6.82. The highest BCUT2D eigenvalue weighted by Crippen LogP contribution is 2.37. The smallest absolute Gasteiger partial charge is 0.237 e. The Morgan fingerprint density at radius 3 is 2.96 bits per heavy atom. The molecule has 1 amide bonds. The number of carbonyl (C=O) groups excluding carboxylic acids is 1. The molecule has 1 aromatic heterocycles. The molecule has 0 spiro atoms. The number of thioether (sulfide) groups is 2. The third-order valence-electron chi connectivity index (χ3n) is 3.70. The summed E-state index contributed by atoms with van der Waals surface area (Å²) in [7, 11) is 0. The van der Waals surface area contributed by atoms with Crippen LogP contribution in [0.25, 0.3) is 0 Å². The zero-order valence-electron chi connectivity index (χ0n) is 13.1. The third kappa shape index (κ3) is 3.48. The molecular formula is C15H19N5OS2. The Morgan fingerprint density at radius 1 is 1.43 bits per heavy atom. The van der Waals surface area contributed by atoms with Gasteiger partial charge in [-0.05, 0) is 25.5 Å².